The summed E-state index contributed by atoms with van der Waals surface area (Å²) in [6.45, 7) is 12.3. The summed E-state index contributed by atoms with van der Waals surface area (Å²) in [5.41, 5.74) is -0.288. The van der Waals surface area contributed by atoms with E-state index in [0.29, 0.717) is 12.0 Å². The predicted molar refractivity (Wildman–Crippen MR) is 145 cm³/mol. The van der Waals surface area contributed by atoms with Gasteiger partial charge in [-0.05, 0) is 44.4 Å². The van der Waals surface area contributed by atoms with Crippen molar-refractivity contribution in [1.29, 1.82) is 0 Å². The molecule has 7 nitrogen and oxygen atoms in total. The largest absolute Gasteiger partial charge is 0.462 e. The van der Waals surface area contributed by atoms with Crippen molar-refractivity contribution in [1.82, 2.24) is 0 Å². The molecule has 1 aromatic carbocycles. The second-order valence-corrected chi connectivity index (χ2v) is 11.0. The molecular formula is C31H40O7. The number of fused-ring (bicyclic) bond motifs is 1. The van der Waals surface area contributed by atoms with Gasteiger partial charge in [-0.15, -0.1) is 0 Å². The Morgan fingerprint density at radius 3 is 2.32 bits per heavy atom. The van der Waals surface area contributed by atoms with Crippen LogP contribution >= 0.6 is 0 Å². The van der Waals surface area contributed by atoms with Crippen LogP contribution in [0.15, 0.2) is 59.7 Å². The molecule has 1 aromatic rings. The van der Waals surface area contributed by atoms with Gasteiger partial charge in [0, 0.05) is 37.3 Å². The Bertz CT molecular complexity index is 1130. The average molecular weight is 525 g/mol. The molecule has 0 spiro atoms. The van der Waals surface area contributed by atoms with Gasteiger partial charge < -0.3 is 19.3 Å². The van der Waals surface area contributed by atoms with Gasteiger partial charge in [-0.1, -0.05) is 62.8 Å². The Morgan fingerprint density at radius 2 is 1.74 bits per heavy atom. The van der Waals surface area contributed by atoms with Crippen LogP contribution in [0.25, 0.3) is 6.08 Å². The number of benzene rings is 1. The van der Waals surface area contributed by atoms with Gasteiger partial charge in [-0.3, -0.25) is 4.79 Å². The maximum Gasteiger partial charge on any atom is 0.333 e. The molecule has 7 heteroatoms. The highest BCUT2D eigenvalue weighted by Gasteiger charge is 2.68. The predicted octanol–water partition coefficient (Wildman–Crippen LogP) is 5.18. The van der Waals surface area contributed by atoms with Crippen molar-refractivity contribution in [3.8, 4) is 0 Å². The highest BCUT2D eigenvalue weighted by molar-refractivity contribution is 5.88. The fourth-order valence-corrected chi connectivity index (χ4v) is 5.88. The second kappa shape index (κ2) is 11.7. The van der Waals surface area contributed by atoms with E-state index in [1.165, 1.54) is 13.0 Å². The van der Waals surface area contributed by atoms with Crippen molar-refractivity contribution in [2.45, 2.75) is 85.2 Å². The van der Waals surface area contributed by atoms with Crippen LogP contribution < -0.4 is 0 Å². The third-order valence-corrected chi connectivity index (χ3v) is 8.13. The average Bonchev–Trinajstić information content (AvgIpc) is 3.02. The lowest BCUT2D eigenvalue weighted by atomic mass is 9.66. The summed E-state index contributed by atoms with van der Waals surface area (Å²) in [5.74, 6) is -2.48. The molecule has 1 fully saturated rings. The van der Waals surface area contributed by atoms with Crippen LogP contribution in [0, 0.1) is 17.3 Å². The van der Waals surface area contributed by atoms with Gasteiger partial charge >= 0.3 is 17.9 Å². The molecular weight excluding hydrogens is 484 g/mol. The third kappa shape index (κ3) is 5.93. The minimum Gasteiger partial charge on any atom is -0.462 e. The fraction of sp³-hybridized carbons (Fsp3) is 0.516. The van der Waals surface area contributed by atoms with Gasteiger partial charge in [0.05, 0.1) is 11.0 Å². The molecule has 1 N–H and O–H groups in total. The van der Waals surface area contributed by atoms with E-state index in [9.17, 15) is 19.5 Å². The molecule has 3 rings (SSSR count). The minimum absolute atomic E-state index is 0.128. The van der Waals surface area contributed by atoms with E-state index in [4.69, 9.17) is 14.2 Å². The molecule has 6 atom stereocenters. The van der Waals surface area contributed by atoms with E-state index in [0.717, 1.165) is 11.1 Å². The number of allylic oxidation sites excluding steroid dienone is 1. The summed E-state index contributed by atoms with van der Waals surface area (Å²) >= 11 is 0. The fourth-order valence-electron chi connectivity index (χ4n) is 5.88. The molecule has 2 aliphatic rings. The lowest BCUT2D eigenvalue weighted by Gasteiger charge is -2.45. The van der Waals surface area contributed by atoms with Crippen LogP contribution in [0.2, 0.25) is 0 Å². The van der Waals surface area contributed by atoms with Crippen molar-refractivity contribution in [2.75, 3.05) is 0 Å². The van der Waals surface area contributed by atoms with Crippen LogP contribution in [-0.2, 0) is 28.6 Å². The minimum atomic E-state index is -1.35. The van der Waals surface area contributed by atoms with E-state index >= 15 is 0 Å². The number of aliphatic hydroxyl groups is 1. The molecule has 38 heavy (non-hydrogen) atoms. The zero-order valence-corrected chi connectivity index (χ0v) is 23.4. The van der Waals surface area contributed by atoms with Crippen molar-refractivity contribution in [2.24, 2.45) is 17.3 Å². The van der Waals surface area contributed by atoms with Gasteiger partial charge in [0.25, 0.3) is 0 Å². The van der Waals surface area contributed by atoms with Crippen LogP contribution in [0.5, 0.6) is 0 Å². The lowest BCUT2D eigenvalue weighted by molar-refractivity contribution is -0.181. The smallest absolute Gasteiger partial charge is 0.333 e. The van der Waals surface area contributed by atoms with Gasteiger partial charge in [-0.2, -0.15) is 0 Å². The topological polar surface area (TPSA) is 99.1 Å². The van der Waals surface area contributed by atoms with E-state index < -0.39 is 53.2 Å². The lowest BCUT2D eigenvalue weighted by Crippen LogP contribution is -2.55. The summed E-state index contributed by atoms with van der Waals surface area (Å²) in [6.07, 6.45) is 4.66. The van der Waals surface area contributed by atoms with E-state index in [1.807, 2.05) is 64.1 Å². The standard InChI is InChI=1S/C31H40O7/c1-8-21(5)29(34)37-24-16-20(4)17-25(38-27(33)15-14-23-12-10-9-11-13-23)30(7)26(36-22(6)32)18-31(35,19(2)3)28(24)30/h8-15,17,19,24-26,28,35H,16,18H2,1-7H3. The highest BCUT2D eigenvalue weighted by Crippen LogP contribution is 2.59. The number of carbonyl (C=O) groups excluding carboxylic acids is 3. The summed E-state index contributed by atoms with van der Waals surface area (Å²) in [5, 5.41) is 12.1. The Kier molecular flexibility index (Phi) is 9.03. The first kappa shape index (κ1) is 29.4. The van der Waals surface area contributed by atoms with Gasteiger partial charge in [0.2, 0.25) is 0 Å². The molecule has 0 aliphatic heterocycles. The zero-order chi connectivity index (χ0) is 28.3. The van der Waals surface area contributed by atoms with Crippen molar-refractivity contribution < 1.29 is 33.7 Å². The molecule has 6 unspecified atom stereocenters. The van der Waals surface area contributed by atoms with Crippen LogP contribution in [0.3, 0.4) is 0 Å². The van der Waals surface area contributed by atoms with Gasteiger partial charge in [0.15, 0.2) is 0 Å². The Morgan fingerprint density at radius 1 is 1.08 bits per heavy atom. The Hall–Kier alpha value is -3.19. The van der Waals surface area contributed by atoms with E-state index in [1.54, 1.807) is 26.0 Å². The number of esters is 3. The Balaban J connectivity index is 2.08. The first-order valence-corrected chi connectivity index (χ1v) is 13.2. The monoisotopic (exact) mass is 524 g/mol. The zero-order valence-electron chi connectivity index (χ0n) is 23.4. The van der Waals surface area contributed by atoms with Crippen LogP contribution in [0.1, 0.15) is 66.9 Å². The molecule has 0 saturated heterocycles. The van der Waals surface area contributed by atoms with Crippen molar-refractivity contribution in [3.05, 3.63) is 65.3 Å². The molecule has 0 heterocycles. The summed E-state index contributed by atoms with van der Waals surface area (Å²) < 4.78 is 17.9. The van der Waals surface area contributed by atoms with E-state index in [2.05, 4.69) is 0 Å². The summed E-state index contributed by atoms with van der Waals surface area (Å²) in [4.78, 5) is 38.1. The third-order valence-electron chi connectivity index (χ3n) is 8.13. The quantitative estimate of drug-likeness (QED) is 0.227. The van der Waals surface area contributed by atoms with Gasteiger partial charge in [-0.25, -0.2) is 9.59 Å². The Labute approximate surface area is 225 Å². The molecule has 0 aromatic heterocycles. The molecule has 0 radical (unpaired) electrons. The SMILES string of the molecule is CC=C(C)C(=O)OC1CC(C)=CC(OC(=O)C=Cc2ccccc2)C2(C)C(OC(C)=O)CC(O)(C(C)C)C12. The number of carbonyl (C=O) groups is 3. The summed E-state index contributed by atoms with van der Waals surface area (Å²) in [6, 6.07) is 9.39. The normalized spacial score (nSPS) is 31.4. The van der Waals surface area contributed by atoms with Crippen molar-refractivity contribution in [3.63, 3.8) is 0 Å². The summed E-state index contributed by atoms with van der Waals surface area (Å²) in [7, 11) is 0. The van der Waals surface area contributed by atoms with Gasteiger partial charge in [0.1, 0.15) is 18.3 Å². The molecule has 0 bridgehead atoms. The molecule has 0 amide bonds. The number of rotatable bonds is 7. The van der Waals surface area contributed by atoms with Crippen molar-refractivity contribution >= 4 is 24.0 Å². The van der Waals surface area contributed by atoms with Crippen LogP contribution in [0.4, 0.5) is 0 Å². The number of hydrogen-bond donors (Lipinski definition) is 1. The van der Waals surface area contributed by atoms with Crippen LogP contribution in [-0.4, -0.2) is 46.9 Å². The molecule has 2 aliphatic carbocycles. The maximum atomic E-state index is 13.0. The number of hydrogen-bond acceptors (Lipinski definition) is 7. The first-order valence-electron chi connectivity index (χ1n) is 13.2. The maximum absolute atomic E-state index is 13.0. The second-order valence-electron chi connectivity index (χ2n) is 11.0. The molecule has 1 saturated carbocycles. The first-order chi connectivity index (χ1) is 17.8. The number of ether oxygens (including phenoxy) is 3. The highest BCUT2D eigenvalue weighted by atomic mass is 16.6. The molecule has 206 valence electrons. The van der Waals surface area contributed by atoms with E-state index in [-0.39, 0.29) is 12.3 Å².